The number of ether oxygens (including phenoxy) is 1. The van der Waals surface area contributed by atoms with Crippen molar-refractivity contribution in [3.05, 3.63) is 42.7 Å². The van der Waals surface area contributed by atoms with E-state index in [1.807, 2.05) is 32.0 Å². The molecule has 1 fully saturated rings. The Hall–Kier alpha value is -2.74. The molecule has 4 rings (SSSR count). The highest BCUT2D eigenvalue weighted by molar-refractivity contribution is 5.62. The Kier molecular flexibility index (Phi) is 6.76. The summed E-state index contributed by atoms with van der Waals surface area (Å²) >= 11 is 0. The number of hydrogen-bond donors (Lipinski definition) is 2. The molecule has 150 valence electrons. The normalized spacial score (nSPS) is 16.5. The van der Waals surface area contributed by atoms with Gasteiger partial charge in [-0.05, 0) is 37.6 Å². The van der Waals surface area contributed by atoms with Crippen LogP contribution in [-0.2, 0) is 0 Å². The second kappa shape index (κ2) is 9.45. The SMILES string of the molecule is CC.FC(F)Oc1ccn2c(-c3cccc(NC4CCCNC4)n3)cnc2c1. The van der Waals surface area contributed by atoms with Crippen LogP contribution in [0.4, 0.5) is 14.6 Å². The van der Waals surface area contributed by atoms with Crippen LogP contribution >= 0.6 is 0 Å². The van der Waals surface area contributed by atoms with Crippen molar-refractivity contribution in [2.24, 2.45) is 0 Å². The molecule has 0 aromatic carbocycles. The highest BCUT2D eigenvalue weighted by Crippen LogP contribution is 2.24. The lowest BCUT2D eigenvalue weighted by Crippen LogP contribution is -2.38. The Morgan fingerprint density at radius 1 is 1.29 bits per heavy atom. The van der Waals surface area contributed by atoms with Crippen molar-refractivity contribution >= 4 is 11.5 Å². The van der Waals surface area contributed by atoms with Gasteiger partial charge in [0.15, 0.2) is 0 Å². The number of hydrogen-bond acceptors (Lipinski definition) is 5. The molecule has 1 unspecified atom stereocenters. The van der Waals surface area contributed by atoms with Gasteiger partial charge in [0.05, 0.1) is 17.6 Å². The predicted octanol–water partition coefficient (Wildman–Crippen LogP) is 4.19. The van der Waals surface area contributed by atoms with Gasteiger partial charge in [0.2, 0.25) is 0 Å². The third-order valence-electron chi connectivity index (χ3n) is 4.37. The van der Waals surface area contributed by atoms with E-state index in [1.165, 1.54) is 12.1 Å². The fourth-order valence-electron chi connectivity index (χ4n) is 3.17. The maximum Gasteiger partial charge on any atom is 0.387 e. The third kappa shape index (κ3) is 4.75. The molecular weight excluding hydrogens is 364 g/mol. The number of fused-ring (bicyclic) bond motifs is 1. The molecule has 0 saturated carbocycles. The minimum Gasteiger partial charge on any atom is -0.435 e. The number of imidazole rings is 1. The van der Waals surface area contributed by atoms with Crippen molar-refractivity contribution in [2.45, 2.75) is 39.3 Å². The zero-order valence-corrected chi connectivity index (χ0v) is 16.0. The van der Waals surface area contributed by atoms with E-state index < -0.39 is 6.61 Å². The van der Waals surface area contributed by atoms with Gasteiger partial charge in [0, 0.05) is 24.8 Å². The summed E-state index contributed by atoms with van der Waals surface area (Å²) in [4.78, 5) is 8.96. The van der Waals surface area contributed by atoms with Crippen LogP contribution in [0.5, 0.6) is 5.75 Å². The number of alkyl halides is 2. The molecule has 3 aromatic rings. The van der Waals surface area contributed by atoms with E-state index in [0.717, 1.165) is 43.1 Å². The minimum absolute atomic E-state index is 0.0813. The Bertz CT molecular complexity index is 893. The standard InChI is InChI=1S/C18H19F2N5O.C2H6/c19-18(20)26-13-6-8-25-15(11-22-17(25)9-13)14-4-1-5-16(24-14)23-12-3-2-7-21-10-12;1-2/h1,4-6,8-9,11-12,18,21H,2-3,7,10H2,(H,23,24);1-2H3. The zero-order valence-electron chi connectivity index (χ0n) is 16.0. The minimum atomic E-state index is -2.86. The van der Waals surface area contributed by atoms with Crippen molar-refractivity contribution in [3.8, 4) is 17.1 Å². The highest BCUT2D eigenvalue weighted by atomic mass is 19.3. The average molecular weight is 389 g/mol. The number of pyridine rings is 2. The molecular formula is C20H25F2N5O. The lowest BCUT2D eigenvalue weighted by atomic mass is 10.1. The number of nitrogens with one attached hydrogen (secondary N) is 2. The van der Waals surface area contributed by atoms with Crippen molar-refractivity contribution in [2.75, 3.05) is 18.4 Å². The molecule has 6 nitrogen and oxygen atoms in total. The van der Waals surface area contributed by atoms with Crippen molar-refractivity contribution in [1.29, 1.82) is 0 Å². The molecule has 0 amide bonds. The van der Waals surface area contributed by atoms with Crippen molar-refractivity contribution in [1.82, 2.24) is 19.7 Å². The molecule has 28 heavy (non-hydrogen) atoms. The molecule has 0 radical (unpaired) electrons. The van der Waals surface area contributed by atoms with Crippen LogP contribution in [0.25, 0.3) is 17.0 Å². The van der Waals surface area contributed by atoms with E-state index in [9.17, 15) is 8.78 Å². The molecule has 1 atom stereocenters. The molecule has 1 saturated heterocycles. The van der Waals surface area contributed by atoms with Gasteiger partial charge in [-0.15, -0.1) is 0 Å². The molecule has 3 aromatic heterocycles. The van der Waals surface area contributed by atoms with Crippen molar-refractivity contribution in [3.63, 3.8) is 0 Å². The number of piperidine rings is 1. The Morgan fingerprint density at radius 3 is 2.89 bits per heavy atom. The molecule has 2 N–H and O–H groups in total. The van der Waals surface area contributed by atoms with Crippen LogP contribution < -0.4 is 15.4 Å². The van der Waals surface area contributed by atoms with Crippen LogP contribution in [0.3, 0.4) is 0 Å². The number of aromatic nitrogens is 3. The van der Waals surface area contributed by atoms with Crippen LogP contribution in [0.1, 0.15) is 26.7 Å². The van der Waals surface area contributed by atoms with Gasteiger partial charge in [-0.25, -0.2) is 9.97 Å². The van der Waals surface area contributed by atoms with Gasteiger partial charge in [-0.1, -0.05) is 19.9 Å². The second-order valence-electron chi connectivity index (χ2n) is 6.21. The highest BCUT2D eigenvalue weighted by Gasteiger charge is 2.14. The van der Waals surface area contributed by atoms with Gasteiger partial charge in [0.1, 0.15) is 17.2 Å². The van der Waals surface area contributed by atoms with Crippen LogP contribution in [0, 0.1) is 0 Å². The van der Waals surface area contributed by atoms with Gasteiger partial charge >= 0.3 is 6.61 Å². The fraction of sp³-hybridized carbons (Fsp3) is 0.400. The maximum atomic E-state index is 12.4. The quantitative estimate of drug-likeness (QED) is 0.685. The first-order valence-corrected chi connectivity index (χ1v) is 9.56. The second-order valence-corrected chi connectivity index (χ2v) is 6.21. The summed E-state index contributed by atoms with van der Waals surface area (Å²) in [6.07, 6.45) is 5.59. The first-order valence-electron chi connectivity index (χ1n) is 9.56. The maximum absolute atomic E-state index is 12.4. The number of halogens is 2. The van der Waals surface area contributed by atoms with Crippen molar-refractivity contribution < 1.29 is 13.5 Å². The Labute approximate surface area is 163 Å². The Balaban J connectivity index is 0.00000109. The molecule has 0 spiro atoms. The lowest BCUT2D eigenvalue weighted by molar-refractivity contribution is -0.0498. The summed E-state index contributed by atoms with van der Waals surface area (Å²) in [6.45, 7) is 3.13. The van der Waals surface area contributed by atoms with Gasteiger partial charge in [0.25, 0.3) is 0 Å². The average Bonchev–Trinajstić information content (AvgIpc) is 3.13. The lowest BCUT2D eigenvalue weighted by Gasteiger charge is -2.24. The summed E-state index contributed by atoms with van der Waals surface area (Å²) in [5, 5.41) is 6.83. The third-order valence-corrected chi connectivity index (χ3v) is 4.37. The summed E-state index contributed by atoms with van der Waals surface area (Å²) in [7, 11) is 0. The smallest absolute Gasteiger partial charge is 0.387 e. The first-order chi connectivity index (χ1) is 13.7. The van der Waals surface area contributed by atoms with Gasteiger partial charge < -0.3 is 15.4 Å². The molecule has 1 aliphatic rings. The van der Waals surface area contributed by atoms with E-state index in [0.29, 0.717) is 11.7 Å². The number of nitrogens with zero attached hydrogens (tertiary/aromatic N) is 3. The Morgan fingerprint density at radius 2 is 2.14 bits per heavy atom. The summed E-state index contributed by atoms with van der Waals surface area (Å²) in [5.41, 5.74) is 2.07. The van der Waals surface area contributed by atoms with Gasteiger partial charge in [-0.3, -0.25) is 4.40 Å². The summed E-state index contributed by atoms with van der Waals surface area (Å²) in [5.74, 6) is 0.890. The summed E-state index contributed by atoms with van der Waals surface area (Å²) < 4.78 is 30.9. The van der Waals surface area contributed by atoms with Crippen LogP contribution in [0.15, 0.2) is 42.7 Å². The predicted molar refractivity (Wildman–Crippen MR) is 106 cm³/mol. The summed E-state index contributed by atoms with van der Waals surface area (Å²) in [6, 6.07) is 9.11. The zero-order chi connectivity index (χ0) is 19.9. The van der Waals surface area contributed by atoms with Gasteiger partial charge in [-0.2, -0.15) is 8.78 Å². The monoisotopic (exact) mass is 389 g/mol. The van der Waals surface area contributed by atoms with Crippen LogP contribution in [0.2, 0.25) is 0 Å². The molecule has 8 heteroatoms. The first kappa shape index (κ1) is 20.0. The number of rotatable bonds is 5. The van der Waals surface area contributed by atoms with E-state index in [-0.39, 0.29) is 5.75 Å². The van der Waals surface area contributed by atoms with E-state index in [2.05, 4.69) is 25.3 Å². The largest absolute Gasteiger partial charge is 0.435 e. The van der Waals surface area contributed by atoms with E-state index in [1.54, 1.807) is 16.8 Å². The molecule has 4 heterocycles. The molecule has 0 aliphatic carbocycles. The molecule has 1 aliphatic heterocycles. The van der Waals surface area contributed by atoms with E-state index in [4.69, 9.17) is 0 Å². The van der Waals surface area contributed by atoms with E-state index >= 15 is 0 Å². The number of anilines is 1. The topological polar surface area (TPSA) is 63.5 Å². The van der Waals surface area contributed by atoms with Crippen LogP contribution in [-0.4, -0.2) is 40.1 Å². The molecule has 0 bridgehead atoms. The fourth-order valence-corrected chi connectivity index (χ4v) is 3.17.